The Balaban J connectivity index is 2.02. The highest BCUT2D eigenvalue weighted by Crippen LogP contribution is 2.36. The molecule has 0 heterocycles. The van der Waals surface area contributed by atoms with Crippen LogP contribution in [0.25, 0.3) is 0 Å². The van der Waals surface area contributed by atoms with Crippen LogP contribution in [-0.2, 0) is 4.79 Å². The number of Topliss-reactive ketones (excluding diaryl/α,β-unsaturated/α-hetero) is 1. The minimum absolute atomic E-state index is 0.0836. The zero-order chi connectivity index (χ0) is 14.1. The zero-order valence-corrected chi connectivity index (χ0v) is 12.2. The van der Waals surface area contributed by atoms with E-state index >= 15 is 0 Å². The fourth-order valence-electron chi connectivity index (χ4n) is 2.82. The summed E-state index contributed by atoms with van der Waals surface area (Å²) in [7, 11) is 0. The Labute approximate surface area is 116 Å². The number of alkyl halides is 2. The molecule has 1 aliphatic carbocycles. The largest absolute Gasteiger partial charge is 0.299 e. The van der Waals surface area contributed by atoms with Gasteiger partial charge in [0.15, 0.2) is 0 Å². The van der Waals surface area contributed by atoms with E-state index in [-0.39, 0.29) is 24.5 Å². The zero-order valence-electron chi connectivity index (χ0n) is 12.2. The van der Waals surface area contributed by atoms with Crippen molar-refractivity contribution in [3.63, 3.8) is 0 Å². The van der Waals surface area contributed by atoms with Crippen LogP contribution in [0, 0.1) is 5.92 Å². The number of carbonyl (C=O) groups excluding carboxylic acids is 1. The quantitative estimate of drug-likeness (QED) is 0.506. The lowest BCUT2D eigenvalue weighted by Crippen LogP contribution is -2.28. The molecule has 0 aliphatic heterocycles. The molecule has 0 unspecified atom stereocenters. The Morgan fingerprint density at radius 3 is 2.11 bits per heavy atom. The molecule has 1 nitrogen and oxygen atoms in total. The molecule has 3 heteroatoms. The molecule has 112 valence electrons. The Hall–Kier alpha value is -0.470. The summed E-state index contributed by atoms with van der Waals surface area (Å²) in [6, 6.07) is 0. The lowest BCUT2D eigenvalue weighted by atomic mass is 9.83. The third-order valence-electron chi connectivity index (χ3n) is 4.20. The van der Waals surface area contributed by atoms with Crippen LogP contribution in [0.2, 0.25) is 0 Å². The highest BCUT2D eigenvalue weighted by molar-refractivity contribution is 5.81. The smallest absolute Gasteiger partial charge is 0.248 e. The SMILES string of the molecule is CCCCCCCCCC(=O)C1CCC(F)(F)CC1. The first-order valence-corrected chi connectivity index (χ1v) is 7.96. The predicted molar refractivity (Wildman–Crippen MR) is 74.5 cm³/mol. The number of ketones is 1. The van der Waals surface area contributed by atoms with E-state index in [9.17, 15) is 13.6 Å². The highest BCUT2D eigenvalue weighted by Gasteiger charge is 2.36. The van der Waals surface area contributed by atoms with Gasteiger partial charge in [-0.05, 0) is 19.3 Å². The lowest BCUT2D eigenvalue weighted by Gasteiger charge is -2.27. The van der Waals surface area contributed by atoms with E-state index in [1.165, 1.54) is 32.1 Å². The molecule has 1 fully saturated rings. The second kappa shape index (κ2) is 8.65. The van der Waals surface area contributed by atoms with E-state index in [1.807, 2.05) is 0 Å². The van der Waals surface area contributed by atoms with Crippen LogP contribution in [0.5, 0.6) is 0 Å². The minimum Gasteiger partial charge on any atom is -0.299 e. The van der Waals surface area contributed by atoms with Crippen molar-refractivity contribution in [2.75, 3.05) is 0 Å². The molecular weight excluding hydrogens is 246 g/mol. The summed E-state index contributed by atoms with van der Waals surface area (Å²) in [5.41, 5.74) is 0. The maximum atomic E-state index is 13.0. The summed E-state index contributed by atoms with van der Waals surface area (Å²) in [5.74, 6) is -2.38. The Morgan fingerprint density at radius 1 is 1.00 bits per heavy atom. The molecule has 0 aromatic heterocycles. The normalized spacial score (nSPS) is 19.5. The maximum Gasteiger partial charge on any atom is 0.248 e. The number of hydrogen-bond acceptors (Lipinski definition) is 1. The van der Waals surface area contributed by atoms with Gasteiger partial charge >= 0.3 is 0 Å². The molecule has 19 heavy (non-hydrogen) atoms. The molecule has 0 amide bonds. The van der Waals surface area contributed by atoms with Crippen molar-refractivity contribution >= 4 is 5.78 Å². The fourth-order valence-corrected chi connectivity index (χ4v) is 2.82. The minimum atomic E-state index is -2.52. The van der Waals surface area contributed by atoms with Crippen molar-refractivity contribution in [2.24, 2.45) is 5.92 Å². The number of hydrogen-bond donors (Lipinski definition) is 0. The Kier molecular flexibility index (Phi) is 7.55. The molecule has 0 atom stereocenters. The number of halogens is 2. The topological polar surface area (TPSA) is 17.1 Å². The van der Waals surface area contributed by atoms with Gasteiger partial charge in [-0.2, -0.15) is 0 Å². The maximum absolute atomic E-state index is 13.0. The Bertz CT molecular complexity index is 253. The Morgan fingerprint density at radius 2 is 1.53 bits per heavy atom. The summed E-state index contributed by atoms with van der Waals surface area (Å²) in [4.78, 5) is 11.9. The van der Waals surface area contributed by atoms with Crippen LogP contribution in [0.4, 0.5) is 8.78 Å². The van der Waals surface area contributed by atoms with Gasteiger partial charge < -0.3 is 0 Å². The molecule has 0 spiro atoms. The molecular formula is C16H28F2O. The lowest BCUT2D eigenvalue weighted by molar-refractivity contribution is -0.127. The van der Waals surface area contributed by atoms with Gasteiger partial charge in [-0.15, -0.1) is 0 Å². The van der Waals surface area contributed by atoms with Crippen molar-refractivity contribution in [1.82, 2.24) is 0 Å². The van der Waals surface area contributed by atoms with Gasteiger partial charge in [-0.1, -0.05) is 45.4 Å². The van der Waals surface area contributed by atoms with Gasteiger partial charge in [0.2, 0.25) is 5.92 Å². The predicted octanol–water partition coefficient (Wildman–Crippen LogP) is 5.52. The molecule has 1 rings (SSSR count). The van der Waals surface area contributed by atoms with Gasteiger partial charge in [0.05, 0.1) is 0 Å². The van der Waals surface area contributed by atoms with Crippen LogP contribution in [0.3, 0.4) is 0 Å². The summed E-state index contributed by atoms with van der Waals surface area (Å²) in [6.07, 6.45) is 9.56. The standard InChI is InChI=1S/C16H28F2O/c1-2-3-4-5-6-7-8-9-15(19)14-10-12-16(17,18)13-11-14/h14H,2-13H2,1H3. The van der Waals surface area contributed by atoms with Crippen molar-refractivity contribution in [3.05, 3.63) is 0 Å². The average Bonchev–Trinajstić information content (AvgIpc) is 2.37. The summed E-state index contributed by atoms with van der Waals surface area (Å²) >= 11 is 0. The van der Waals surface area contributed by atoms with Crippen molar-refractivity contribution in [3.8, 4) is 0 Å². The molecule has 1 aliphatic rings. The van der Waals surface area contributed by atoms with Gasteiger partial charge in [-0.3, -0.25) is 4.79 Å². The van der Waals surface area contributed by atoms with E-state index in [2.05, 4.69) is 6.92 Å². The molecule has 0 aromatic carbocycles. The van der Waals surface area contributed by atoms with E-state index in [4.69, 9.17) is 0 Å². The monoisotopic (exact) mass is 274 g/mol. The second-order valence-corrected chi connectivity index (χ2v) is 5.97. The fraction of sp³-hybridized carbons (Fsp3) is 0.938. The van der Waals surface area contributed by atoms with Gasteiger partial charge in [0.1, 0.15) is 5.78 Å². The molecule has 1 saturated carbocycles. The van der Waals surface area contributed by atoms with Crippen molar-refractivity contribution in [2.45, 2.75) is 89.9 Å². The van der Waals surface area contributed by atoms with E-state index in [0.717, 1.165) is 12.8 Å². The van der Waals surface area contributed by atoms with Crippen molar-refractivity contribution < 1.29 is 13.6 Å². The third-order valence-corrected chi connectivity index (χ3v) is 4.20. The first-order valence-electron chi connectivity index (χ1n) is 7.96. The molecule has 0 bridgehead atoms. The molecule has 0 aromatic rings. The second-order valence-electron chi connectivity index (χ2n) is 5.97. The van der Waals surface area contributed by atoms with E-state index in [0.29, 0.717) is 19.3 Å². The van der Waals surface area contributed by atoms with Crippen LogP contribution in [0.1, 0.15) is 84.0 Å². The van der Waals surface area contributed by atoms with Crippen LogP contribution < -0.4 is 0 Å². The van der Waals surface area contributed by atoms with E-state index < -0.39 is 5.92 Å². The van der Waals surface area contributed by atoms with Crippen molar-refractivity contribution in [1.29, 1.82) is 0 Å². The highest BCUT2D eigenvalue weighted by atomic mass is 19.3. The summed E-state index contributed by atoms with van der Waals surface area (Å²) in [6.45, 7) is 2.20. The first kappa shape index (κ1) is 16.6. The number of rotatable bonds is 9. The van der Waals surface area contributed by atoms with Crippen LogP contribution in [0.15, 0.2) is 0 Å². The average molecular weight is 274 g/mol. The number of carbonyl (C=O) groups is 1. The molecule has 0 saturated heterocycles. The first-order chi connectivity index (χ1) is 9.05. The van der Waals surface area contributed by atoms with Gasteiger partial charge in [-0.25, -0.2) is 8.78 Å². The molecule has 0 radical (unpaired) electrons. The van der Waals surface area contributed by atoms with E-state index in [1.54, 1.807) is 0 Å². The van der Waals surface area contributed by atoms with Gasteiger partial charge in [0.25, 0.3) is 0 Å². The molecule has 0 N–H and O–H groups in total. The van der Waals surface area contributed by atoms with Gasteiger partial charge in [0, 0.05) is 25.2 Å². The summed E-state index contributed by atoms with van der Waals surface area (Å²) < 4.78 is 26.0. The third kappa shape index (κ3) is 7.03. The van der Waals surface area contributed by atoms with Crippen LogP contribution in [-0.4, -0.2) is 11.7 Å². The van der Waals surface area contributed by atoms with Crippen LogP contribution >= 0.6 is 0 Å². The summed E-state index contributed by atoms with van der Waals surface area (Å²) in [5, 5.41) is 0. The number of unbranched alkanes of at least 4 members (excludes halogenated alkanes) is 6.